The lowest BCUT2D eigenvalue weighted by atomic mass is 9.85. The van der Waals surface area contributed by atoms with Crippen LogP contribution < -0.4 is 15.0 Å². The fourth-order valence-electron chi connectivity index (χ4n) is 4.11. The smallest absolute Gasteiger partial charge is 0.258 e. The average molecular weight is 441 g/mol. The molecule has 0 atom stereocenters. The third-order valence-corrected chi connectivity index (χ3v) is 5.85. The van der Waals surface area contributed by atoms with Crippen LogP contribution in [0.5, 0.6) is 5.75 Å². The molecule has 0 radical (unpaired) electrons. The van der Waals surface area contributed by atoms with E-state index in [2.05, 4.69) is 25.2 Å². The number of ketones is 1. The first kappa shape index (κ1) is 22.3. The van der Waals surface area contributed by atoms with Gasteiger partial charge in [-0.1, -0.05) is 36.4 Å². The summed E-state index contributed by atoms with van der Waals surface area (Å²) in [4.78, 5) is 27.5. The SMILES string of the molecule is COc1ccc2c(c1)C(=CC(=O)c1ccc(C(=O)N(C)c3ccccc3)cc1)NC(C)(C)C2. The van der Waals surface area contributed by atoms with Gasteiger partial charge in [0.05, 0.1) is 7.11 Å². The van der Waals surface area contributed by atoms with Gasteiger partial charge in [0, 0.05) is 46.7 Å². The number of methoxy groups -OCH3 is 1. The summed E-state index contributed by atoms with van der Waals surface area (Å²) >= 11 is 0. The van der Waals surface area contributed by atoms with E-state index < -0.39 is 0 Å². The first-order chi connectivity index (χ1) is 15.8. The van der Waals surface area contributed by atoms with Crippen LogP contribution in [0, 0.1) is 0 Å². The summed E-state index contributed by atoms with van der Waals surface area (Å²) in [5.41, 5.74) is 4.60. The van der Waals surface area contributed by atoms with Gasteiger partial charge in [-0.2, -0.15) is 0 Å². The second-order valence-electron chi connectivity index (χ2n) is 8.91. The Hall–Kier alpha value is -3.86. The quantitative estimate of drug-likeness (QED) is 0.442. The summed E-state index contributed by atoms with van der Waals surface area (Å²) < 4.78 is 5.38. The molecule has 33 heavy (non-hydrogen) atoms. The molecule has 1 heterocycles. The molecule has 1 aliphatic rings. The Kier molecular flexibility index (Phi) is 6.05. The number of nitrogens with zero attached hydrogens (tertiary/aromatic N) is 1. The molecule has 0 bridgehead atoms. The van der Waals surface area contributed by atoms with Gasteiger partial charge in [-0.3, -0.25) is 9.59 Å². The van der Waals surface area contributed by atoms with Crippen molar-refractivity contribution in [1.29, 1.82) is 0 Å². The van der Waals surface area contributed by atoms with E-state index in [4.69, 9.17) is 4.74 Å². The Bertz CT molecular complexity index is 1210. The number of carbonyl (C=O) groups is 2. The zero-order valence-electron chi connectivity index (χ0n) is 19.4. The summed E-state index contributed by atoms with van der Waals surface area (Å²) in [6, 6.07) is 22.2. The topological polar surface area (TPSA) is 58.6 Å². The zero-order valence-corrected chi connectivity index (χ0v) is 19.4. The van der Waals surface area contributed by atoms with E-state index >= 15 is 0 Å². The zero-order chi connectivity index (χ0) is 23.6. The molecule has 0 unspecified atom stereocenters. The third kappa shape index (κ3) is 4.82. The van der Waals surface area contributed by atoms with E-state index in [1.807, 2.05) is 42.5 Å². The van der Waals surface area contributed by atoms with Gasteiger partial charge in [-0.05, 0) is 62.2 Å². The number of amides is 1. The first-order valence-electron chi connectivity index (χ1n) is 10.9. The molecule has 0 fully saturated rings. The predicted octanol–water partition coefficient (Wildman–Crippen LogP) is 5.12. The number of allylic oxidation sites excluding steroid dienone is 1. The molecule has 1 N–H and O–H groups in total. The van der Waals surface area contributed by atoms with Crippen LogP contribution >= 0.6 is 0 Å². The number of nitrogens with one attached hydrogen (secondary N) is 1. The Labute approximate surface area is 194 Å². The molecule has 3 aromatic rings. The number of carbonyl (C=O) groups excluding carboxylic acids is 2. The van der Waals surface area contributed by atoms with Crippen molar-refractivity contribution in [3.8, 4) is 5.75 Å². The Morgan fingerprint density at radius 2 is 1.64 bits per heavy atom. The molecule has 3 aromatic carbocycles. The highest BCUT2D eigenvalue weighted by Gasteiger charge is 2.28. The van der Waals surface area contributed by atoms with Gasteiger partial charge in [0.1, 0.15) is 5.75 Å². The number of hydrogen-bond donors (Lipinski definition) is 1. The van der Waals surface area contributed by atoms with Crippen molar-refractivity contribution >= 4 is 23.1 Å². The van der Waals surface area contributed by atoms with Gasteiger partial charge in [-0.25, -0.2) is 0 Å². The van der Waals surface area contributed by atoms with Crippen molar-refractivity contribution in [2.45, 2.75) is 25.8 Å². The summed E-state index contributed by atoms with van der Waals surface area (Å²) in [7, 11) is 3.37. The molecule has 1 amide bonds. The summed E-state index contributed by atoms with van der Waals surface area (Å²) in [5.74, 6) is 0.494. The van der Waals surface area contributed by atoms with Gasteiger partial charge in [0.25, 0.3) is 5.91 Å². The molecule has 5 nitrogen and oxygen atoms in total. The number of rotatable bonds is 5. The molecular formula is C28H28N2O3. The van der Waals surface area contributed by atoms with Gasteiger partial charge in [0.15, 0.2) is 5.78 Å². The number of para-hydroxylation sites is 1. The fourth-order valence-corrected chi connectivity index (χ4v) is 4.11. The molecule has 4 rings (SSSR count). The summed E-state index contributed by atoms with van der Waals surface area (Å²) in [5, 5.41) is 3.49. The monoisotopic (exact) mass is 440 g/mol. The van der Waals surface area contributed by atoms with E-state index in [1.165, 1.54) is 5.56 Å². The van der Waals surface area contributed by atoms with Gasteiger partial charge in [-0.15, -0.1) is 0 Å². The third-order valence-electron chi connectivity index (χ3n) is 5.85. The maximum atomic E-state index is 13.1. The van der Waals surface area contributed by atoms with Crippen molar-refractivity contribution in [1.82, 2.24) is 5.32 Å². The standard InChI is InChI=1S/C28H28N2O3/c1-28(2)18-21-14-15-23(33-4)16-24(21)25(29-28)17-26(31)19-10-12-20(13-11-19)27(32)30(3)22-8-6-5-7-9-22/h5-17,29H,18H2,1-4H3. The highest BCUT2D eigenvalue weighted by Crippen LogP contribution is 2.32. The van der Waals surface area contributed by atoms with Gasteiger partial charge in [0.2, 0.25) is 0 Å². The number of ether oxygens (including phenoxy) is 1. The second kappa shape index (κ2) is 8.94. The van der Waals surface area contributed by atoms with Crippen molar-refractivity contribution in [2.24, 2.45) is 0 Å². The second-order valence-corrected chi connectivity index (χ2v) is 8.91. The maximum Gasteiger partial charge on any atom is 0.258 e. The predicted molar refractivity (Wildman–Crippen MR) is 132 cm³/mol. The largest absolute Gasteiger partial charge is 0.497 e. The Balaban J connectivity index is 1.58. The van der Waals surface area contributed by atoms with Crippen molar-refractivity contribution in [3.05, 3.63) is 101 Å². The average Bonchev–Trinajstić information content (AvgIpc) is 2.83. The molecule has 168 valence electrons. The number of fused-ring (bicyclic) bond motifs is 1. The number of anilines is 1. The van der Waals surface area contributed by atoms with Crippen LogP contribution in [0.4, 0.5) is 5.69 Å². The lowest BCUT2D eigenvalue weighted by molar-refractivity contribution is 0.0990. The molecule has 0 aromatic heterocycles. The van der Waals surface area contributed by atoms with Crippen LogP contribution in [-0.4, -0.2) is 31.4 Å². The minimum Gasteiger partial charge on any atom is -0.497 e. The Morgan fingerprint density at radius 3 is 2.30 bits per heavy atom. The first-order valence-corrected chi connectivity index (χ1v) is 10.9. The van der Waals surface area contributed by atoms with Gasteiger partial charge >= 0.3 is 0 Å². The van der Waals surface area contributed by atoms with Crippen LogP contribution in [0.3, 0.4) is 0 Å². The lowest BCUT2D eigenvalue weighted by Gasteiger charge is -2.35. The van der Waals surface area contributed by atoms with Crippen LogP contribution in [0.15, 0.2) is 78.9 Å². The maximum absolute atomic E-state index is 13.1. The highest BCUT2D eigenvalue weighted by molar-refractivity contribution is 6.10. The lowest BCUT2D eigenvalue weighted by Crippen LogP contribution is -2.43. The van der Waals surface area contributed by atoms with Crippen LogP contribution in [0.2, 0.25) is 0 Å². The molecular weight excluding hydrogens is 412 g/mol. The van der Waals surface area contributed by atoms with E-state index in [0.29, 0.717) is 11.1 Å². The van der Waals surface area contributed by atoms with Crippen LogP contribution in [0.1, 0.15) is 45.7 Å². The fraction of sp³-hybridized carbons (Fsp3) is 0.214. The Morgan fingerprint density at radius 1 is 0.970 bits per heavy atom. The van der Waals surface area contributed by atoms with E-state index in [-0.39, 0.29) is 17.2 Å². The normalized spacial score (nSPS) is 15.3. The van der Waals surface area contributed by atoms with E-state index in [9.17, 15) is 9.59 Å². The van der Waals surface area contributed by atoms with Crippen molar-refractivity contribution < 1.29 is 14.3 Å². The van der Waals surface area contributed by atoms with Crippen molar-refractivity contribution in [3.63, 3.8) is 0 Å². The minimum absolute atomic E-state index is 0.126. The van der Waals surface area contributed by atoms with E-state index in [0.717, 1.165) is 29.1 Å². The van der Waals surface area contributed by atoms with Crippen LogP contribution in [-0.2, 0) is 6.42 Å². The van der Waals surface area contributed by atoms with Crippen molar-refractivity contribution in [2.75, 3.05) is 19.1 Å². The number of hydrogen-bond acceptors (Lipinski definition) is 4. The minimum atomic E-state index is -0.175. The highest BCUT2D eigenvalue weighted by atomic mass is 16.5. The molecule has 1 aliphatic heterocycles. The van der Waals surface area contributed by atoms with Gasteiger partial charge < -0.3 is 15.0 Å². The molecule has 0 aliphatic carbocycles. The summed E-state index contributed by atoms with van der Waals surface area (Å²) in [6.45, 7) is 4.23. The molecule has 5 heteroatoms. The molecule has 0 saturated heterocycles. The van der Waals surface area contributed by atoms with Crippen LogP contribution in [0.25, 0.3) is 5.70 Å². The molecule has 0 spiro atoms. The van der Waals surface area contributed by atoms with E-state index in [1.54, 1.807) is 49.4 Å². The summed E-state index contributed by atoms with van der Waals surface area (Å²) in [6.07, 6.45) is 2.48. The number of benzene rings is 3. The molecule has 0 saturated carbocycles.